The van der Waals surface area contributed by atoms with Gasteiger partial charge in [-0.05, 0) is 16.7 Å². The molecule has 3 fully saturated rings. The SMILES string of the molecule is COC(=O)C1O[C@@H](O[C@H]2C3CO[C@H](O3)C(N=[N+]=[N-])C2OC(C)=O)C(OCc2ccccc2)C(OCc2ccccc2)[C@@H]1O. The van der Waals surface area contributed by atoms with Crippen molar-refractivity contribution < 1.29 is 52.6 Å². The zero-order chi connectivity index (χ0) is 30.3. The van der Waals surface area contributed by atoms with Gasteiger partial charge in [-0.1, -0.05) is 65.8 Å². The molecule has 0 saturated carbocycles. The lowest BCUT2D eigenvalue weighted by molar-refractivity contribution is -0.338. The first-order valence-electron chi connectivity index (χ1n) is 13.8. The van der Waals surface area contributed by atoms with Gasteiger partial charge in [-0.15, -0.1) is 0 Å². The lowest BCUT2D eigenvalue weighted by Gasteiger charge is -2.46. The molecule has 2 aromatic carbocycles. The number of benzene rings is 2. The first kappa shape index (κ1) is 30.9. The van der Waals surface area contributed by atoms with Gasteiger partial charge in [-0.3, -0.25) is 4.79 Å². The zero-order valence-electron chi connectivity index (χ0n) is 23.5. The van der Waals surface area contributed by atoms with Crippen molar-refractivity contribution in [3.8, 4) is 0 Å². The summed E-state index contributed by atoms with van der Waals surface area (Å²) in [6.07, 6.45) is -10.5. The van der Waals surface area contributed by atoms with Crippen molar-refractivity contribution in [2.24, 2.45) is 5.11 Å². The van der Waals surface area contributed by atoms with Crippen molar-refractivity contribution in [1.82, 2.24) is 0 Å². The van der Waals surface area contributed by atoms with Crippen molar-refractivity contribution in [3.63, 3.8) is 0 Å². The van der Waals surface area contributed by atoms with E-state index in [1.165, 1.54) is 6.92 Å². The number of rotatable bonds is 11. The van der Waals surface area contributed by atoms with E-state index in [0.717, 1.165) is 18.2 Å². The third-order valence-electron chi connectivity index (χ3n) is 7.34. The summed E-state index contributed by atoms with van der Waals surface area (Å²) in [5.74, 6) is -1.50. The number of fused-ring (bicyclic) bond motifs is 2. The fourth-order valence-electron chi connectivity index (χ4n) is 5.33. The molecule has 6 unspecified atom stereocenters. The summed E-state index contributed by atoms with van der Waals surface area (Å²) in [6, 6.07) is 17.5. The molecule has 230 valence electrons. The number of carbonyl (C=O) groups is 2. The van der Waals surface area contributed by atoms with Gasteiger partial charge >= 0.3 is 11.9 Å². The predicted octanol–water partition coefficient (Wildman–Crippen LogP) is 2.17. The third-order valence-corrected chi connectivity index (χ3v) is 7.34. The average Bonchev–Trinajstić information content (AvgIpc) is 3.46. The molecule has 0 spiro atoms. The van der Waals surface area contributed by atoms with Gasteiger partial charge in [-0.25, -0.2) is 4.79 Å². The van der Waals surface area contributed by atoms with Crippen LogP contribution in [0.25, 0.3) is 10.4 Å². The van der Waals surface area contributed by atoms with E-state index in [2.05, 4.69) is 10.0 Å². The Hall–Kier alpha value is -3.59. The first-order chi connectivity index (χ1) is 20.9. The quantitative estimate of drug-likeness (QED) is 0.173. The van der Waals surface area contributed by atoms with E-state index < -0.39 is 73.3 Å². The second-order valence-corrected chi connectivity index (χ2v) is 10.2. The van der Waals surface area contributed by atoms with Crippen LogP contribution < -0.4 is 0 Å². The Morgan fingerprint density at radius 3 is 2.16 bits per heavy atom. The van der Waals surface area contributed by atoms with Crippen molar-refractivity contribution in [2.45, 2.75) is 81.5 Å². The number of aliphatic hydroxyl groups excluding tert-OH is 1. The van der Waals surface area contributed by atoms with Gasteiger partial charge < -0.3 is 43.0 Å². The summed E-state index contributed by atoms with van der Waals surface area (Å²) >= 11 is 0. The highest BCUT2D eigenvalue weighted by Gasteiger charge is 2.57. The maximum Gasteiger partial charge on any atom is 0.337 e. The molecule has 3 saturated heterocycles. The molecule has 0 amide bonds. The number of hydrogen-bond acceptors (Lipinski definition) is 12. The fraction of sp³-hybridized carbons (Fsp3) is 0.517. The number of aliphatic hydroxyl groups is 1. The number of azide groups is 1. The van der Waals surface area contributed by atoms with E-state index in [1.807, 2.05) is 60.7 Å². The molecule has 3 aliphatic heterocycles. The Morgan fingerprint density at radius 1 is 0.953 bits per heavy atom. The van der Waals surface area contributed by atoms with Crippen LogP contribution in [0.3, 0.4) is 0 Å². The molecule has 3 aliphatic rings. The molecule has 0 radical (unpaired) electrons. The Balaban J connectivity index is 1.48. The second kappa shape index (κ2) is 14.3. The number of methoxy groups -OCH3 is 1. The van der Waals surface area contributed by atoms with Gasteiger partial charge in [0.05, 0.1) is 26.9 Å². The first-order valence-corrected chi connectivity index (χ1v) is 13.8. The number of carbonyl (C=O) groups excluding carboxylic acids is 2. The van der Waals surface area contributed by atoms with E-state index in [4.69, 9.17) is 37.9 Å². The van der Waals surface area contributed by atoms with Gasteiger partial charge in [0.15, 0.2) is 18.7 Å². The smallest absolute Gasteiger partial charge is 0.337 e. The van der Waals surface area contributed by atoms with E-state index in [-0.39, 0.29) is 19.8 Å². The van der Waals surface area contributed by atoms with Gasteiger partial charge in [-0.2, -0.15) is 0 Å². The van der Waals surface area contributed by atoms with Crippen molar-refractivity contribution in [2.75, 3.05) is 13.7 Å². The molecule has 10 atom stereocenters. The summed E-state index contributed by atoms with van der Waals surface area (Å²) in [5, 5.41) is 15.1. The van der Waals surface area contributed by atoms with E-state index >= 15 is 0 Å². The Morgan fingerprint density at radius 2 is 1.58 bits per heavy atom. The minimum absolute atomic E-state index is 0.0454. The number of esters is 2. The Kier molecular flexibility index (Phi) is 10.2. The van der Waals surface area contributed by atoms with Crippen LogP contribution in [0.1, 0.15) is 18.1 Å². The van der Waals surface area contributed by atoms with Crippen LogP contribution in [0.15, 0.2) is 65.8 Å². The lowest BCUT2D eigenvalue weighted by atomic mass is 9.96. The van der Waals surface area contributed by atoms with Crippen LogP contribution in [0.2, 0.25) is 0 Å². The summed E-state index contributed by atoms with van der Waals surface area (Å²) in [4.78, 5) is 27.7. The summed E-state index contributed by atoms with van der Waals surface area (Å²) in [6.45, 7) is 1.42. The molecular formula is C29H33N3O11. The molecular weight excluding hydrogens is 566 g/mol. The minimum atomic E-state index is -1.51. The highest BCUT2D eigenvalue weighted by Crippen LogP contribution is 2.37. The van der Waals surface area contributed by atoms with Gasteiger partial charge in [0, 0.05) is 11.8 Å². The third kappa shape index (κ3) is 7.15. The summed E-state index contributed by atoms with van der Waals surface area (Å²) in [5.41, 5.74) is 10.8. The van der Waals surface area contributed by atoms with E-state index in [9.17, 15) is 20.2 Å². The van der Waals surface area contributed by atoms with Crippen LogP contribution >= 0.6 is 0 Å². The molecule has 14 nitrogen and oxygen atoms in total. The normalized spacial score (nSPS) is 33.3. The number of hydrogen-bond donors (Lipinski definition) is 1. The summed E-state index contributed by atoms with van der Waals surface area (Å²) in [7, 11) is 1.16. The predicted molar refractivity (Wildman–Crippen MR) is 145 cm³/mol. The topological polar surface area (TPSA) is 177 Å². The van der Waals surface area contributed by atoms with E-state index in [0.29, 0.717) is 0 Å². The molecule has 2 aromatic rings. The van der Waals surface area contributed by atoms with Crippen LogP contribution in [0.4, 0.5) is 0 Å². The fourth-order valence-corrected chi connectivity index (χ4v) is 5.33. The van der Waals surface area contributed by atoms with E-state index in [1.54, 1.807) is 0 Å². The molecule has 43 heavy (non-hydrogen) atoms. The van der Waals surface area contributed by atoms with Crippen molar-refractivity contribution in [3.05, 3.63) is 82.2 Å². The van der Waals surface area contributed by atoms with Gasteiger partial charge in [0.25, 0.3) is 0 Å². The molecule has 0 aromatic heterocycles. The molecule has 3 heterocycles. The van der Waals surface area contributed by atoms with Crippen LogP contribution in [-0.4, -0.2) is 92.1 Å². The number of ether oxygens (including phenoxy) is 8. The van der Waals surface area contributed by atoms with Crippen LogP contribution in [-0.2, 0) is 60.7 Å². The molecule has 1 N–H and O–H groups in total. The van der Waals surface area contributed by atoms with Gasteiger partial charge in [0.1, 0.15) is 42.7 Å². The Labute approximate surface area is 247 Å². The highest BCUT2D eigenvalue weighted by atomic mass is 16.8. The molecule has 0 aliphatic carbocycles. The van der Waals surface area contributed by atoms with Gasteiger partial charge in [0.2, 0.25) is 0 Å². The summed E-state index contributed by atoms with van der Waals surface area (Å²) < 4.78 is 46.8. The lowest BCUT2D eigenvalue weighted by Crippen LogP contribution is -2.64. The average molecular weight is 600 g/mol. The molecule has 5 rings (SSSR count). The molecule has 2 bridgehead atoms. The maximum atomic E-state index is 12.8. The number of nitrogens with zero attached hydrogens (tertiary/aromatic N) is 3. The molecule has 14 heteroatoms. The van der Waals surface area contributed by atoms with Crippen molar-refractivity contribution in [1.29, 1.82) is 0 Å². The zero-order valence-corrected chi connectivity index (χ0v) is 23.5. The van der Waals surface area contributed by atoms with Crippen molar-refractivity contribution >= 4 is 11.9 Å². The highest BCUT2D eigenvalue weighted by molar-refractivity contribution is 5.75. The van der Waals surface area contributed by atoms with Crippen LogP contribution in [0, 0.1) is 0 Å². The minimum Gasteiger partial charge on any atom is -0.467 e. The second-order valence-electron chi connectivity index (χ2n) is 10.2. The maximum absolute atomic E-state index is 12.8. The monoisotopic (exact) mass is 599 g/mol. The standard InChI is InChI=1S/C29H33N3O11/c1-16(33)40-23-20(31-32-30)28-39-15-19(41-28)22(23)42-29-26(38-14-18-11-7-4-8-12-18)24(21(34)25(43-29)27(35)36-2)37-13-17-9-5-3-6-10-17/h3-12,19-26,28-29,34H,13-15H2,1-2H3/t19?,20?,21-,22-,23?,24?,25?,26?,28+,29+/m0/s1. The van der Waals surface area contributed by atoms with Crippen LogP contribution in [0.5, 0.6) is 0 Å². The largest absolute Gasteiger partial charge is 0.467 e. The Bertz CT molecular complexity index is 1280.